The fraction of sp³-hybridized carbons (Fsp3) is 0.100. The summed E-state index contributed by atoms with van der Waals surface area (Å²) in [7, 11) is 0. The zero-order valence-electron chi connectivity index (χ0n) is 7.56. The van der Waals surface area contributed by atoms with Gasteiger partial charge in [0.2, 0.25) is 5.91 Å². The normalized spacial score (nSPS) is 10.0. The van der Waals surface area contributed by atoms with Crippen LogP contribution >= 0.6 is 0 Å². The van der Waals surface area contributed by atoms with Gasteiger partial charge in [-0.05, 0) is 12.1 Å². The molecule has 0 aliphatic heterocycles. The number of benzene rings is 1. The predicted molar refractivity (Wildman–Crippen MR) is 52.3 cm³/mol. The first-order chi connectivity index (χ1) is 6.72. The highest BCUT2D eigenvalue weighted by molar-refractivity contribution is 5.91. The van der Waals surface area contributed by atoms with Gasteiger partial charge in [-0.15, -0.1) is 0 Å². The molecule has 2 rings (SSSR count). The Morgan fingerprint density at radius 1 is 1.57 bits per heavy atom. The highest BCUT2D eigenvalue weighted by Gasteiger charge is 2.05. The van der Waals surface area contributed by atoms with E-state index >= 15 is 0 Å². The third-order valence-electron chi connectivity index (χ3n) is 1.98. The van der Waals surface area contributed by atoms with Crippen molar-refractivity contribution < 1.29 is 4.79 Å². The van der Waals surface area contributed by atoms with E-state index in [1.54, 1.807) is 24.4 Å². The third-order valence-corrected chi connectivity index (χ3v) is 1.98. The minimum Gasteiger partial charge on any atom is -0.273 e. The number of carbonyl (C=O) groups excluding carboxylic acids is 1. The van der Waals surface area contributed by atoms with Crippen LogP contribution in [0, 0.1) is 6.57 Å². The molecule has 0 aliphatic rings. The van der Waals surface area contributed by atoms with Gasteiger partial charge >= 0.3 is 0 Å². The summed E-state index contributed by atoms with van der Waals surface area (Å²) in [4.78, 5) is 14.4. The van der Waals surface area contributed by atoms with Crippen molar-refractivity contribution in [2.24, 2.45) is 0 Å². The molecular weight excluding hydrogens is 178 g/mol. The average molecular weight is 185 g/mol. The van der Waals surface area contributed by atoms with Gasteiger partial charge in [-0.3, -0.25) is 4.79 Å². The van der Waals surface area contributed by atoms with Gasteiger partial charge in [0.1, 0.15) is 0 Å². The molecule has 68 valence electrons. The van der Waals surface area contributed by atoms with Crippen LogP contribution in [0.4, 0.5) is 5.69 Å². The molecule has 14 heavy (non-hydrogen) atoms. The first kappa shape index (κ1) is 8.45. The maximum atomic E-state index is 11.1. The molecule has 0 atom stereocenters. The van der Waals surface area contributed by atoms with E-state index in [0.717, 1.165) is 10.9 Å². The van der Waals surface area contributed by atoms with E-state index in [4.69, 9.17) is 6.57 Å². The molecular formula is C10H7N3O. The lowest BCUT2D eigenvalue weighted by Crippen LogP contribution is -2.06. The van der Waals surface area contributed by atoms with Gasteiger partial charge in [-0.25, -0.2) is 9.53 Å². The van der Waals surface area contributed by atoms with Crippen LogP contribution in [-0.4, -0.2) is 15.7 Å². The Kier molecular flexibility index (Phi) is 1.79. The van der Waals surface area contributed by atoms with E-state index in [0.29, 0.717) is 5.69 Å². The maximum Gasteiger partial charge on any atom is 0.244 e. The first-order valence-corrected chi connectivity index (χ1v) is 4.08. The highest BCUT2D eigenvalue weighted by atomic mass is 16.2. The second-order valence-corrected chi connectivity index (χ2v) is 2.93. The Labute approximate surface area is 80.6 Å². The smallest absolute Gasteiger partial charge is 0.244 e. The van der Waals surface area contributed by atoms with Crippen LogP contribution in [0.2, 0.25) is 0 Å². The monoisotopic (exact) mass is 185 g/mol. The summed E-state index contributed by atoms with van der Waals surface area (Å²) in [6.45, 7) is 8.29. The molecule has 1 heterocycles. The lowest BCUT2D eigenvalue weighted by atomic mass is 10.2. The Morgan fingerprint density at radius 3 is 3.00 bits per heavy atom. The van der Waals surface area contributed by atoms with E-state index < -0.39 is 0 Å². The lowest BCUT2D eigenvalue weighted by molar-refractivity contribution is 0.0927. The fourth-order valence-electron chi connectivity index (χ4n) is 1.34. The molecule has 1 aromatic heterocycles. The molecule has 0 saturated heterocycles. The molecule has 0 unspecified atom stereocenters. The van der Waals surface area contributed by atoms with Crippen molar-refractivity contribution in [1.29, 1.82) is 0 Å². The standard InChI is InChI=1S/C10H7N3O/c1-7(14)13-10-4-3-9(11-2)5-8(10)6-12-13/h3-6H,1H3. The van der Waals surface area contributed by atoms with Crippen molar-refractivity contribution in [3.05, 3.63) is 35.8 Å². The molecule has 4 nitrogen and oxygen atoms in total. The van der Waals surface area contributed by atoms with Crippen molar-refractivity contribution in [2.75, 3.05) is 0 Å². The van der Waals surface area contributed by atoms with Crippen molar-refractivity contribution in [3.63, 3.8) is 0 Å². The highest BCUT2D eigenvalue weighted by Crippen LogP contribution is 2.20. The Balaban J connectivity index is 2.73. The number of hydrogen-bond donors (Lipinski definition) is 0. The lowest BCUT2D eigenvalue weighted by Gasteiger charge is -1.96. The number of rotatable bonds is 0. The Hall–Kier alpha value is -2.15. The van der Waals surface area contributed by atoms with Crippen LogP contribution in [0.15, 0.2) is 24.4 Å². The van der Waals surface area contributed by atoms with Crippen LogP contribution in [0.3, 0.4) is 0 Å². The topological polar surface area (TPSA) is 39.2 Å². The SMILES string of the molecule is [C-]#[N+]c1ccc2c(cnn2C(C)=O)c1. The Bertz CT molecular complexity index is 548. The van der Waals surface area contributed by atoms with Gasteiger partial charge in [0.15, 0.2) is 5.69 Å². The molecule has 0 saturated carbocycles. The number of nitrogens with zero attached hydrogens (tertiary/aromatic N) is 3. The zero-order chi connectivity index (χ0) is 10.1. The minimum atomic E-state index is -0.129. The molecule has 2 aromatic rings. The van der Waals surface area contributed by atoms with Crippen LogP contribution < -0.4 is 0 Å². The summed E-state index contributed by atoms with van der Waals surface area (Å²) in [5.74, 6) is -0.129. The maximum absolute atomic E-state index is 11.1. The van der Waals surface area contributed by atoms with Gasteiger partial charge in [0, 0.05) is 12.3 Å². The van der Waals surface area contributed by atoms with Gasteiger partial charge < -0.3 is 0 Å². The summed E-state index contributed by atoms with van der Waals surface area (Å²) in [6.07, 6.45) is 1.59. The van der Waals surface area contributed by atoms with E-state index in [1.807, 2.05) is 0 Å². The number of aromatic nitrogens is 2. The summed E-state index contributed by atoms with van der Waals surface area (Å²) in [5, 5.41) is 4.75. The van der Waals surface area contributed by atoms with Crippen LogP contribution in [-0.2, 0) is 0 Å². The molecule has 0 spiro atoms. The second kappa shape index (κ2) is 2.96. The van der Waals surface area contributed by atoms with Gasteiger partial charge in [-0.2, -0.15) is 5.10 Å². The van der Waals surface area contributed by atoms with E-state index in [1.165, 1.54) is 11.6 Å². The van der Waals surface area contributed by atoms with Crippen LogP contribution in [0.5, 0.6) is 0 Å². The Morgan fingerprint density at radius 2 is 2.36 bits per heavy atom. The quantitative estimate of drug-likeness (QED) is 0.590. The van der Waals surface area contributed by atoms with Crippen molar-refractivity contribution in [2.45, 2.75) is 6.92 Å². The van der Waals surface area contributed by atoms with Gasteiger partial charge in [0.05, 0.1) is 18.3 Å². The summed E-state index contributed by atoms with van der Waals surface area (Å²) in [5.41, 5.74) is 1.30. The molecule has 0 aliphatic carbocycles. The molecule has 0 fully saturated rings. The number of fused-ring (bicyclic) bond motifs is 1. The molecule has 0 bridgehead atoms. The molecule has 0 N–H and O–H groups in total. The predicted octanol–water partition coefficient (Wildman–Crippen LogP) is 2.25. The number of carbonyl (C=O) groups is 1. The minimum absolute atomic E-state index is 0.129. The fourth-order valence-corrected chi connectivity index (χ4v) is 1.34. The first-order valence-electron chi connectivity index (χ1n) is 4.08. The number of hydrogen-bond acceptors (Lipinski definition) is 2. The average Bonchev–Trinajstić information content (AvgIpc) is 2.59. The van der Waals surface area contributed by atoms with Crippen molar-refractivity contribution in [3.8, 4) is 0 Å². The largest absolute Gasteiger partial charge is 0.273 e. The second-order valence-electron chi connectivity index (χ2n) is 2.93. The molecule has 1 aromatic carbocycles. The van der Waals surface area contributed by atoms with E-state index in [2.05, 4.69) is 9.94 Å². The summed E-state index contributed by atoms with van der Waals surface area (Å²) >= 11 is 0. The van der Waals surface area contributed by atoms with Gasteiger partial charge in [-0.1, -0.05) is 6.07 Å². The third kappa shape index (κ3) is 1.15. The van der Waals surface area contributed by atoms with E-state index in [-0.39, 0.29) is 5.91 Å². The van der Waals surface area contributed by atoms with Crippen molar-refractivity contribution in [1.82, 2.24) is 9.78 Å². The van der Waals surface area contributed by atoms with E-state index in [9.17, 15) is 4.79 Å². The zero-order valence-corrected chi connectivity index (χ0v) is 7.56. The molecule has 4 heteroatoms. The summed E-state index contributed by atoms with van der Waals surface area (Å²) < 4.78 is 1.32. The molecule has 0 radical (unpaired) electrons. The van der Waals surface area contributed by atoms with Gasteiger partial charge in [0.25, 0.3) is 0 Å². The summed E-state index contributed by atoms with van der Waals surface area (Å²) in [6, 6.07) is 5.13. The van der Waals surface area contributed by atoms with Crippen molar-refractivity contribution >= 4 is 22.5 Å². The molecule has 0 amide bonds. The van der Waals surface area contributed by atoms with Crippen LogP contribution in [0.1, 0.15) is 11.7 Å². The van der Waals surface area contributed by atoms with Crippen LogP contribution in [0.25, 0.3) is 15.7 Å².